The maximum absolute atomic E-state index is 12.3. The summed E-state index contributed by atoms with van der Waals surface area (Å²) in [5.41, 5.74) is 13.2. The minimum atomic E-state index is -0.103. The number of amides is 1. The molecule has 0 atom stereocenters. The van der Waals surface area contributed by atoms with E-state index < -0.39 is 0 Å². The van der Waals surface area contributed by atoms with E-state index in [-0.39, 0.29) is 5.91 Å². The number of hydrogen-bond acceptors (Lipinski definition) is 3. The Balaban J connectivity index is 1.97. The smallest absolute Gasteiger partial charge is 0.257 e. The Morgan fingerprint density at radius 1 is 1.21 bits per heavy atom. The third-order valence-electron chi connectivity index (χ3n) is 5.08. The average Bonchev–Trinajstić information content (AvgIpc) is 2.96. The first kappa shape index (κ1) is 15.0. The zero-order valence-corrected chi connectivity index (χ0v) is 13.8. The molecule has 2 aliphatic rings. The van der Waals surface area contributed by atoms with Crippen LogP contribution < -0.4 is 11.1 Å². The summed E-state index contributed by atoms with van der Waals surface area (Å²) < 4.78 is 0. The van der Waals surface area contributed by atoms with Crippen LogP contribution in [0.3, 0.4) is 0 Å². The molecule has 0 radical (unpaired) electrons. The van der Waals surface area contributed by atoms with Gasteiger partial charge in [-0.05, 0) is 41.3 Å². The normalized spacial score (nSPS) is 18.4. The van der Waals surface area contributed by atoms with Gasteiger partial charge in [0, 0.05) is 24.9 Å². The third-order valence-corrected chi connectivity index (χ3v) is 5.08. The Morgan fingerprint density at radius 3 is 2.71 bits per heavy atom. The zero-order chi connectivity index (χ0) is 16.7. The van der Waals surface area contributed by atoms with Crippen molar-refractivity contribution in [2.75, 3.05) is 18.4 Å². The minimum Gasteiger partial charge on any atom is -0.404 e. The Labute approximate surface area is 142 Å². The summed E-state index contributed by atoms with van der Waals surface area (Å²) in [6.07, 6.45) is 2.42. The summed E-state index contributed by atoms with van der Waals surface area (Å²) in [6.45, 7) is 5.11. The summed E-state index contributed by atoms with van der Waals surface area (Å²) in [4.78, 5) is 14.7. The van der Waals surface area contributed by atoms with Gasteiger partial charge >= 0.3 is 0 Å². The SMILES string of the molecule is CCN1CCc2c(-c3ccccc3)cc3c(c2C1)NC(=O)C3=CN. The highest BCUT2D eigenvalue weighted by Gasteiger charge is 2.31. The van der Waals surface area contributed by atoms with Crippen LogP contribution in [0.25, 0.3) is 16.7 Å². The maximum Gasteiger partial charge on any atom is 0.257 e. The van der Waals surface area contributed by atoms with E-state index >= 15 is 0 Å². The fourth-order valence-electron chi connectivity index (χ4n) is 3.78. The molecule has 4 nitrogen and oxygen atoms in total. The van der Waals surface area contributed by atoms with Crippen LogP contribution in [0.15, 0.2) is 42.6 Å². The molecule has 0 saturated carbocycles. The van der Waals surface area contributed by atoms with Gasteiger partial charge in [0.05, 0.1) is 11.3 Å². The second kappa shape index (κ2) is 5.80. The fourth-order valence-corrected chi connectivity index (χ4v) is 3.78. The predicted molar refractivity (Wildman–Crippen MR) is 97.3 cm³/mol. The van der Waals surface area contributed by atoms with Gasteiger partial charge < -0.3 is 11.1 Å². The van der Waals surface area contributed by atoms with Gasteiger partial charge in [-0.3, -0.25) is 9.69 Å². The van der Waals surface area contributed by atoms with Crippen molar-refractivity contribution in [2.45, 2.75) is 19.9 Å². The van der Waals surface area contributed by atoms with Crippen molar-refractivity contribution in [2.24, 2.45) is 5.73 Å². The molecule has 24 heavy (non-hydrogen) atoms. The Morgan fingerprint density at radius 2 is 2.00 bits per heavy atom. The molecule has 0 saturated heterocycles. The molecule has 2 aliphatic heterocycles. The monoisotopic (exact) mass is 319 g/mol. The van der Waals surface area contributed by atoms with Crippen molar-refractivity contribution < 1.29 is 4.79 Å². The second-order valence-electron chi connectivity index (χ2n) is 6.32. The number of fused-ring (bicyclic) bond motifs is 3. The quantitative estimate of drug-likeness (QED) is 0.837. The second-order valence-corrected chi connectivity index (χ2v) is 6.32. The molecule has 2 heterocycles. The lowest BCUT2D eigenvalue weighted by Gasteiger charge is -2.31. The van der Waals surface area contributed by atoms with Gasteiger partial charge in [-0.25, -0.2) is 0 Å². The fraction of sp³-hybridized carbons (Fsp3) is 0.250. The van der Waals surface area contributed by atoms with E-state index in [1.54, 1.807) is 0 Å². The molecule has 0 bridgehead atoms. The highest BCUT2D eigenvalue weighted by atomic mass is 16.2. The highest BCUT2D eigenvalue weighted by molar-refractivity contribution is 6.32. The maximum atomic E-state index is 12.3. The molecule has 1 amide bonds. The molecule has 4 heteroatoms. The van der Waals surface area contributed by atoms with Gasteiger partial charge in [0.1, 0.15) is 0 Å². The topological polar surface area (TPSA) is 58.4 Å². The molecule has 0 fully saturated rings. The molecular weight excluding hydrogens is 298 g/mol. The van der Waals surface area contributed by atoms with Crippen LogP contribution in [0.4, 0.5) is 5.69 Å². The number of likely N-dealkylation sites (N-methyl/N-ethyl adjacent to an activating group) is 1. The van der Waals surface area contributed by atoms with Gasteiger partial charge in [0.2, 0.25) is 0 Å². The van der Waals surface area contributed by atoms with Crippen LogP contribution in [0.2, 0.25) is 0 Å². The van der Waals surface area contributed by atoms with Crippen molar-refractivity contribution in [1.82, 2.24) is 4.90 Å². The van der Waals surface area contributed by atoms with Crippen molar-refractivity contribution in [3.63, 3.8) is 0 Å². The lowest BCUT2D eigenvalue weighted by atomic mass is 9.86. The molecule has 2 aromatic rings. The van der Waals surface area contributed by atoms with E-state index in [0.29, 0.717) is 5.57 Å². The van der Waals surface area contributed by atoms with E-state index in [9.17, 15) is 4.79 Å². The highest BCUT2D eigenvalue weighted by Crippen LogP contribution is 2.43. The van der Waals surface area contributed by atoms with Gasteiger partial charge in [-0.15, -0.1) is 0 Å². The summed E-state index contributed by atoms with van der Waals surface area (Å²) in [7, 11) is 0. The number of nitrogens with two attached hydrogens (primary N) is 1. The van der Waals surface area contributed by atoms with Gasteiger partial charge in [-0.1, -0.05) is 37.3 Å². The molecule has 3 N–H and O–H groups in total. The van der Waals surface area contributed by atoms with Crippen LogP contribution in [-0.2, 0) is 17.8 Å². The van der Waals surface area contributed by atoms with E-state index in [2.05, 4.69) is 47.5 Å². The first-order chi connectivity index (χ1) is 11.7. The van der Waals surface area contributed by atoms with Gasteiger partial charge in [0.25, 0.3) is 5.91 Å². The lowest BCUT2D eigenvalue weighted by Crippen LogP contribution is -2.31. The predicted octanol–water partition coefficient (Wildman–Crippen LogP) is 2.98. The van der Waals surface area contributed by atoms with Crippen molar-refractivity contribution in [3.8, 4) is 11.1 Å². The lowest BCUT2D eigenvalue weighted by molar-refractivity contribution is -0.110. The van der Waals surface area contributed by atoms with Crippen LogP contribution >= 0.6 is 0 Å². The molecule has 0 aliphatic carbocycles. The summed E-state index contributed by atoms with van der Waals surface area (Å²) in [5, 5.41) is 3.04. The molecule has 0 spiro atoms. The number of nitrogens with one attached hydrogen (secondary N) is 1. The van der Waals surface area contributed by atoms with Crippen molar-refractivity contribution in [1.29, 1.82) is 0 Å². The average molecular weight is 319 g/mol. The standard InChI is InChI=1S/C20H21N3O/c1-2-23-9-8-14-15(13-6-4-3-5-7-13)10-16-17(11-21)20(24)22-19(16)18(14)12-23/h3-7,10-11H,2,8-9,12,21H2,1H3,(H,22,24). The van der Waals surface area contributed by atoms with E-state index in [1.807, 2.05) is 6.07 Å². The first-order valence-electron chi connectivity index (χ1n) is 8.43. The van der Waals surface area contributed by atoms with Gasteiger partial charge in [0.15, 0.2) is 0 Å². The zero-order valence-electron chi connectivity index (χ0n) is 13.8. The number of nitrogens with zero attached hydrogens (tertiary/aromatic N) is 1. The summed E-state index contributed by atoms with van der Waals surface area (Å²) >= 11 is 0. The van der Waals surface area contributed by atoms with Crippen molar-refractivity contribution in [3.05, 3.63) is 59.3 Å². The number of anilines is 1. The molecule has 4 rings (SSSR count). The summed E-state index contributed by atoms with van der Waals surface area (Å²) in [6, 6.07) is 12.5. The molecule has 0 unspecified atom stereocenters. The largest absolute Gasteiger partial charge is 0.404 e. The van der Waals surface area contributed by atoms with E-state index in [0.717, 1.165) is 37.3 Å². The number of rotatable bonds is 2. The molecule has 122 valence electrons. The number of hydrogen-bond donors (Lipinski definition) is 2. The molecular formula is C20H21N3O. The summed E-state index contributed by atoms with van der Waals surface area (Å²) in [5.74, 6) is -0.103. The first-order valence-corrected chi connectivity index (χ1v) is 8.43. The Bertz CT molecular complexity index is 840. The van der Waals surface area contributed by atoms with E-state index in [4.69, 9.17) is 5.73 Å². The van der Waals surface area contributed by atoms with Gasteiger partial charge in [-0.2, -0.15) is 0 Å². The van der Waals surface area contributed by atoms with Crippen LogP contribution in [-0.4, -0.2) is 23.9 Å². The molecule has 0 aromatic heterocycles. The number of carbonyl (C=O) groups is 1. The Kier molecular flexibility index (Phi) is 3.62. The number of carbonyl (C=O) groups excluding carboxylic acids is 1. The minimum absolute atomic E-state index is 0.103. The van der Waals surface area contributed by atoms with Crippen LogP contribution in [0, 0.1) is 0 Å². The third kappa shape index (κ3) is 2.22. The van der Waals surface area contributed by atoms with Crippen molar-refractivity contribution >= 4 is 17.2 Å². The van der Waals surface area contributed by atoms with Crippen LogP contribution in [0.5, 0.6) is 0 Å². The van der Waals surface area contributed by atoms with Crippen LogP contribution in [0.1, 0.15) is 23.6 Å². The number of benzene rings is 2. The Hall–Kier alpha value is -2.59. The van der Waals surface area contributed by atoms with E-state index in [1.165, 1.54) is 28.5 Å². The molecule has 2 aromatic carbocycles.